The van der Waals surface area contributed by atoms with E-state index < -0.39 is 0 Å². The van der Waals surface area contributed by atoms with Gasteiger partial charge in [0.2, 0.25) is 5.91 Å². The molecule has 2 aromatic rings. The number of aromatic nitrogens is 2. The predicted molar refractivity (Wildman–Crippen MR) is 127 cm³/mol. The summed E-state index contributed by atoms with van der Waals surface area (Å²) in [6.45, 7) is 4.30. The molecule has 0 bridgehead atoms. The summed E-state index contributed by atoms with van der Waals surface area (Å²) < 4.78 is 12.5. The monoisotopic (exact) mass is 493 g/mol. The van der Waals surface area contributed by atoms with Gasteiger partial charge in [-0.2, -0.15) is 0 Å². The number of hydrogen-bond acceptors (Lipinski definition) is 7. The topological polar surface area (TPSA) is 90.7 Å². The number of thioether (sulfide) groups is 1. The van der Waals surface area contributed by atoms with Crippen LogP contribution in [0, 0.1) is 5.92 Å². The summed E-state index contributed by atoms with van der Waals surface area (Å²) in [7, 11) is 0. The van der Waals surface area contributed by atoms with Crippen molar-refractivity contribution in [3.8, 4) is 0 Å². The fourth-order valence-corrected chi connectivity index (χ4v) is 5.36. The van der Waals surface area contributed by atoms with Crippen LogP contribution in [0.3, 0.4) is 0 Å². The molecule has 0 N–H and O–H groups in total. The molecule has 2 aliphatic heterocycles. The Morgan fingerprint density at radius 1 is 1.27 bits per heavy atom. The SMILES string of the molecule is CCOC(=O)C1CCN(C(=O)CSc2nc3cc(Cl)ccc3c(=O)n2CC2CCCO2)CC1. The van der Waals surface area contributed by atoms with E-state index in [-0.39, 0.29) is 35.2 Å². The molecule has 0 radical (unpaired) electrons. The first-order valence-electron chi connectivity index (χ1n) is 11.3. The lowest BCUT2D eigenvalue weighted by Crippen LogP contribution is -2.41. The molecule has 0 spiro atoms. The van der Waals surface area contributed by atoms with E-state index in [1.165, 1.54) is 11.8 Å². The Balaban J connectivity index is 1.47. The van der Waals surface area contributed by atoms with E-state index in [9.17, 15) is 14.4 Å². The molecule has 1 aromatic heterocycles. The average Bonchev–Trinajstić information content (AvgIpc) is 3.33. The molecule has 33 heavy (non-hydrogen) atoms. The van der Waals surface area contributed by atoms with Gasteiger partial charge in [0.25, 0.3) is 5.56 Å². The lowest BCUT2D eigenvalue weighted by atomic mass is 9.97. The molecule has 1 aromatic carbocycles. The standard InChI is InChI=1S/C23H28ClN3O5S/c1-2-31-22(30)15-7-9-26(10-8-15)20(28)14-33-23-25-19-12-16(24)5-6-18(19)21(29)27(23)13-17-4-3-11-32-17/h5-6,12,15,17H,2-4,7-11,13-14H2,1H3. The zero-order valence-corrected chi connectivity index (χ0v) is 20.2. The van der Waals surface area contributed by atoms with Gasteiger partial charge in [0.15, 0.2) is 5.16 Å². The van der Waals surface area contributed by atoms with Gasteiger partial charge in [0.1, 0.15) is 0 Å². The normalized spacial score (nSPS) is 19.2. The molecule has 0 aliphatic carbocycles. The highest BCUT2D eigenvalue weighted by atomic mass is 35.5. The van der Waals surface area contributed by atoms with Gasteiger partial charge < -0.3 is 14.4 Å². The summed E-state index contributed by atoms with van der Waals surface area (Å²) in [6, 6.07) is 5.03. The number of likely N-dealkylation sites (tertiary alicyclic amines) is 1. The maximum absolute atomic E-state index is 13.2. The number of fused-ring (bicyclic) bond motifs is 1. The fraction of sp³-hybridized carbons (Fsp3) is 0.565. The summed E-state index contributed by atoms with van der Waals surface area (Å²) in [4.78, 5) is 44.5. The average molecular weight is 494 g/mol. The van der Waals surface area contributed by atoms with Crippen LogP contribution >= 0.6 is 23.4 Å². The van der Waals surface area contributed by atoms with E-state index in [2.05, 4.69) is 4.98 Å². The summed E-state index contributed by atoms with van der Waals surface area (Å²) in [6.07, 6.45) is 3.03. The second-order valence-corrected chi connectivity index (χ2v) is 9.68. The number of esters is 1. The van der Waals surface area contributed by atoms with Gasteiger partial charge in [0, 0.05) is 24.7 Å². The minimum absolute atomic E-state index is 0.0357. The van der Waals surface area contributed by atoms with Gasteiger partial charge >= 0.3 is 5.97 Å². The lowest BCUT2D eigenvalue weighted by molar-refractivity contribution is -0.151. The molecule has 0 saturated carbocycles. The Bertz CT molecular complexity index is 1080. The Morgan fingerprint density at radius 2 is 2.06 bits per heavy atom. The highest BCUT2D eigenvalue weighted by Gasteiger charge is 2.28. The summed E-state index contributed by atoms with van der Waals surface area (Å²) in [5.74, 6) is -0.207. The van der Waals surface area contributed by atoms with Crippen LogP contribution in [-0.4, -0.2) is 64.5 Å². The Labute approximate surface area is 201 Å². The molecule has 2 fully saturated rings. The number of benzene rings is 1. The van der Waals surface area contributed by atoms with Gasteiger partial charge in [-0.3, -0.25) is 19.0 Å². The number of nitrogens with zero attached hydrogens (tertiary/aromatic N) is 3. The largest absolute Gasteiger partial charge is 0.466 e. The molecule has 1 atom stereocenters. The van der Waals surface area contributed by atoms with E-state index in [1.807, 2.05) is 0 Å². The number of hydrogen-bond donors (Lipinski definition) is 0. The van der Waals surface area contributed by atoms with Crippen LogP contribution in [0.5, 0.6) is 0 Å². The van der Waals surface area contributed by atoms with E-state index in [0.29, 0.717) is 66.8 Å². The van der Waals surface area contributed by atoms with Crippen molar-refractivity contribution in [2.75, 3.05) is 32.1 Å². The van der Waals surface area contributed by atoms with E-state index >= 15 is 0 Å². The van der Waals surface area contributed by atoms with Crippen molar-refractivity contribution in [2.45, 2.75) is 50.4 Å². The zero-order valence-electron chi connectivity index (χ0n) is 18.6. The first-order valence-corrected chi connectivity index (χ1v) is 12.7. The molecular formula is C23H28ClN3O5S. The Morgan fingerprint density at radius 3 is 2.76 bits per heavy atom. The number of amides is 1. The number of halogens is 1. The molecule has 10 heteroatoms. The number of carbonyl (C=O) groups is 2. The smallest absolute Gasteiger partial charge is 0.309 e. The van der Waals surface area contributed by atoms with Gasteiger partial charge in [-0.25, -0.2) is 4.98 Å². The Kier molecular flexibility index (Phi) is 7.93. The summed E-state index contributed by atoms with van der Waals surface area (Å²) >= 11 is 7.37. The molecule has 1 unspecified atom stereocenters. The van der Waals surface area contributed by atoms with Crippen LogP contribution in [0.1, 0.15) is 32.6 Å². The van der Waals surface area contributed by atoms with Crippen molar-refractivity contribution >= 4 is 46.1 Å². The quantitative estimate of drug-likeness (QED) is 0.332. The number of carbonyl (C=O) groups excluding carboxylic acids is 2. The van der Waals surface area contributed by atoms with Crippen LogP contribution in [0.2, 0.25) is 5.02 Å². The molecule has 178 valence electrons. The molecule has 2 saturated heterocycles. The molecular weight excluding hydrogens is 466 g/mol. The van der Waals surface area contributed by atoms with E-state index in [1.54, 1.807) is 34.6 Å². The van der Waals surface area contributed by atoms with Crippen LogP contribution in [0.15, 0.2) is 28.2 Å². The minimum Gasteiger partial charge on any atom is -0.466 e. The van der Waals surface area contributed by atoms with Crippen molar-refractivity contribution in [3.05, 3.63) is 33.6 Å². The minimum atomic E-state index is -0.184. The third kappa shape index (κ3) is 5.70. The van der Waals surface area contributed by atoms with Crippen molar-refractivity contribution in [1.82, 2.24) is 14.5 Å². The molecule has 1 amide bonds. The predicted octanol–water partition coefficient (Wildman–Crippen LogP) is 3.12. The number of rotatable bonds is 7. The highest BCUT2D eigenvalue weighted by molar-refractivity contribution is 7.99. The Hall–Kier alpha value is -2.10. The van der Waals surface area contributed by atoms with E-state index in [0.717, 1.165) is 12.8 Å². The zero-order chi connectivity index (χ0) is 23.4. The van der Waals surface area contributed by atoms with Crippen molar-refractivity contribution in [1.29, 1.82) is 0 Å². The summed E-state index contributed by atoms with van der Waals surface area (Å²) in [5, 5.41) is 1.48. The third-order valence-corrected chi connectivity index (χ3v) is 7.28. The van der Waals surface area contributed by atoms with Gasteiger partial charge in [-0.05, 0) is 50.8 Å². The number of piperidine rings is 1. The lowest BCUT2D eigenvalue weighted by Gasteiger charge is -2.30. The van der Waals surface area contributed by atoms with Crippen molar-refractivity contribution in [2.24, 2.45) is 5.92 Å². The van der Waals surface area contributed by atoms with Crippen molar-refractivity contribution < 1.29 is 19.1 Å². The highest BCUT2D eigenvalue weighted by Crippen LogP contribution is 2.24. The molecule has 2 aliphatic rings. The van der Waals surface area contributed by atoms with Gasteiger partial charge in [0.05, 0.1) is 41.8 Å². The molecule has 8 nitrogen and oxygen atoms in total. The second-order valence-electron chi connectivity index (χ2n) is 8.30. The fourth-order valence-electron chi connectivity index (χ4n) is 4.28. The van der Waals surface area contributed by atoms with Gasteiger partial charge in [-0.15, -0.1) is 0 Å². The number of ether oxygens (including phenoxy) is 2. The third-order valence-electron chi connectivity index (χ3n) is 6.08. The first kappa shape index (κ1) is 24.0. The van der Waals surface area contributed by atoms with Crippen LogP contribution in [-0.2, 0) is 25.6 Å². The maximum Gasteiger partial charge on any atom is 0.309 e. The van der Waals surface area contributed by atoms with Crippen LogP contribution in [0.25, 0.3) is 10.9 Å². The first-order chi connectivity index (χ1) is 16.0. The molecule has 3 heterocycles. The second kappa shape index (κ2) is 10.9. The summed E-state index contributed by atoms with van der Waals surface area (Å²) in [5.41, 5.74) is 0.360. The van der Waals surface area contributed by atoms with Gasteiger partial charge in [-0.1, -0.05) is 23.4 Å². The van der Waals surface area contributed by atoms with Crippen molar-refractivity contribution in [3.63, 3.8) is 0 Å². The van der Waals surface area contributed by atoms with Crippen LogP contribution in [0.4, 0.5) is 0 Å². The maximum atomic E-state index is 13.2. The van der Waals surface area contributed by atoms with E-state index in [4.69, 9.17) is 21.1 Å². The van der Waals surface area contributed by atoms with Crippen LogP contribution < -0.4 is 5.56 Å². The molecule has 4 rings (SSSR count).